The van der Waals surface area contributed by atoms with Gasteiger partial charge in [0, 0.05) is 0 Å². The number of rotatable bonds is 1. The summed E-state index contributed by atoms with van der Waals surface area (Å²) in [5.41, 5.74) is 3.01. The zero-order valence-corrected chi connectivity index (χ0v) is 12.1. The molecule has 0 nitrogen and oxygen atoms in total. The molecule has 1 aromatic carbocycles. The first-order valence-electron chi connectivity index (χ1n) is 5.63. The van der Waals surface area contributed by atoms with Crippen molar-refractivity contribution in [2.24, 2.45) is 0 Å². The molecule has 3 heteroatoms. The molecule has 1 aliphatic heterocycles. The minimum atomic E-state index is 0.0503. The third-order valence-electron chi connectivity index (χ3n) is 3.21. The van der Waals surface area contributed by atoms with Crippen LogP contribution < -0.4 is 0 Å². The molecule has 0 saturated heterocycles. The van der Waals surface area contributed by atoms with Crippen LogP contribution >= 0.6 is 37.5 Å². The van der Waals surface area contributed by atoms with Gasteiger partial charge in [0.05, 0.1) is 0 Å². The minimum Gasteiger partial charge on any atom is -0.0622 e. The van der Waals surface area contributed by atoms with Gasteiger partial charge in [0.1, 0.15) is 3.66 Å². The van der Waals surface area contributed by atoms with Gasteiger partial charge in [-0.05, 0) is 41.7 Å². The van der Waals surface area contributed by atoms with Gasteiger partial charge in [0.25, 0.3) is 0 Å². The molecule has 0 N–H and O–H groups in total. The van der Waals surface area contributed by atoms with Crippen LogP contribution in [0.2, 0.25) is 0 Å². The molecule has 1 heterocycles. The van der Waals surface area contributed by atoms with Crippen molar-refractivity contribution in [1.82, 2.24) is 0 Å². The minimum absolute atomic E-state index is 0.0503. The van der Waals surface area contributed by atoms with Crippen molar-refractivity contribution in [2.45, 2.75) is 29.3 Å². The molecular formula is C13H13BrS2. The lowest BCUT2D eigenvalue weighted by molar-refractivity contribution is 0.675. The van der Waals surface area contributed by atoms with Crippen LogP contribution in [0.15, 0.2) is 40.8 Å². The van der Waals surface area contributed by atoms with Crippen LogP contribution in [-0.2, 0) is 3.66 Å². The lowest BCUT2D eigenvalue weighted by Crippen LogP contribution is -2.15. The fraction of sp³-hybridized carbons (Fsp3) is 0.385. The quantitative estimate of drug-likeness (QED) is 0.499. The van der Waals surface area contributed by atoms with Crippen molar-refractivity contribution in [3.63, 3.8) is 0 Å². The monoisotopic (exact) mass is 312 g/mol. The fourth-order valence-corrected chi connectivity index (χ4v) is 6.98. The van der Waals surface area contributed by atoms with Crippen LogP contribution in [-0.4, -0.2) is 0 Å². The van der Waals surface area contributed by atoms with Gasteiger partial charge in [0.15, 0.2) is 0 Å². The number of hydrogen-bond donors (Lipinski definition) is 0. The van der Waals surface area contributed by atoms with Gasteiger partial charge in [-0.2, -0.15) is 0 Å². The SMILES string of the molecule is BrC1(c2ccccc2)SSC2=C1CCCC2. The molecule has 2 aliphatic rings. The summed E-state index contributed by atoms with van der Waals surface area (Å²) in [6, 6.07) is 10.8. The highest BCUT2D eigenvalue weighted by Crippen LogP contribution is 2.65. The molecule has 0 amide bonds. The summed E-state index contributed by atoms with van der Waals surface area (Å²) in [6.45, 7) is 0. The molecule has 0 spiro atoms. The molecule has 3 rings (SSSR count). The zero-order chi connectivity index (χ0) is 11.0. The maximum absolute atomic E-state index is 3.98. The Morgan fingerprint density at radius 3 is 2.62 bits per heavy atom. The predicted molar refractivity (Wildman–Crippen MR) is 77.7 cm³/mol. The second kappa shape index (κ2) is 4.43. The first kappa shape index (κ1) is 11.2. The summed E-state index contributed by atoms with van der Waals surface area (Å²) in [6.07, 6.45) is 5.26. The highest BCUT2D eigenvalue weighted by atomic mass is 79.9. The maximum Gasteiger partial charge on any atom is 0.128 e. The fourth-order valence-electron chi connectivity index (χ4n) is 2.34. The Kier molecular flexibility index (Phi) is 3.11. The largest absolute Gasteiger partial charge is 0.128 e. The second-order valence-electron chi connectivity index (χ2n) is 4.24. The first-order chi connectivity index (χ1) is 7.81. The van der Waals surface area contributed by atoms with Crippen LogP contribution in [0.5, 0.6) is 0 Å². The van der Waals surface area contributed by atoms with Crippen molar-refractivity contribution in [1.29, 1.82) is 0 Å². The first-order valence-corrected chi connectivity index (χ1v) is 8.57. The Balaban J connectivity index is 2.03. The number of benzene rings is 1. The van der Waals surface area contributed by atoms with Crippen molar-refractivity contribution >= 4 is 37.5 Å². The van der Waals surface area contributed by atoms with Crippen LogP contribution in [0.1, 0.15) is 31.2 Å². The Bertz CT molecular complexity index is 427. The van der Waals surface area contributed by atoms with Gasteiger partial charge < -0.3 is 0 Å². The van der Waals surface area contributed by atoms with E-state index < -0.39 is 0 Å². The third-order valence-corrected chi connectivity index (χ3v) is 8.32. The summed E-state index contributed by atoms with van der Waals surface area (Å²) in [4.78, 5) is 1.62. The number of allylic oxidation sites excluding steroid dienone is 1. The molecule has 0 saturated carbocycles. The molecule has 0 bridgehead atoms. The van der Waals surface area contributed by atoms with Gasteiger partial charge in [-0.25, -0.2) is 0 Å². The maximum atomic E-state index is 3.98. The molecule has 1 atom stereocenters. The zero-order valence-electron chi connectivity index (χ0n) is 8.91. The van der Waals surface area contributed by atoms with E-state index in [4.69, 9.17) is 0 Å². The Labute approximate surface area is 113 Å². The smallest absolute Gasteiger partial charge is 0.0622 e. The lowest BCUT2D eigenvalue weighted by atomic mass is 9.93. The number of alkyl halides is 1. The number of hydrogen-bond acceptors (Lipinski definition) is 2. The van der Waals surface area contributed by atoms with Gasteiger partial charge in [0.2, 0.25) is 0 Å². The molecule has 1 aromatic rings. The average molecular weight is 313 g/mol. The van der Waals surface area contributed by atoms with E-state index in [-0.39, 0.29) is 3.66 Å². The average Bonchev–Trinajstić information content (AvgIpc) is 2.71. The molecular weight excluding hydrogens is 300 g/mol. The van der Waals surface area contributed by atoms with Crippen molar-refractivity contribution in [3.8, 4) is 0 Å². The molecule has 0 aromatic heterocycles. The Morgan fingerprint density at radius 2 is 1.81 bits per heavy atom. The van der Waals surface area contributed by atoms with E-state index in [0.717, 1.165) is 0 Å². The normalized spacial score (nSPS) is 29.3. The topological polar surface area (TPSA) is 0 Å². The van der Waals surface area contributed by atoms with Crippen molar-refractivity contribution in [3.05, 3.63) is 46.4 Å². The predicted octanol–water partition coefficient (Wildman–Crippen LogP) is 5.46. The Morgan fingerprint density at radius 1 is 1.06 bits per heavy atom. The highest BCUT2D eigenvalue weighted by molar-refractivity contribution is 9.13. The van der Waals surface area contributed by atoms with E-state index in [0.29, 0.717) is 0 Å². The highest BCUT2D eigenvalue weighted by Gasteiger charge is 2.42. The molecule has 84 valence electrons. The third kappa shape index (κ3) is 1.77. The summed E-state index contributed by atoms with van der Waals surface area (Å²) in [5, 5.41) is 0. The summed E-state index contributed by atoms with van der Waals surface area (Å²) < 4.78 is 0.0503. The summed E-state index contributed by atoms with van der Waals surface area (Å²) in [5.74, 6) is 0. The van der Waals surface area contributed by atoms with Crippen LogP contribution in [0.25, 0.3) is 0 Å². The Hall–Kier alpha value is 0.140. The van der Waals surface area contributed by atoms with E-state index in [1.165, 1.54) is 31.2 Å². The molecule has 0 radical (unpaired) electrons. The van der Waals surface area contributed by atoms with Gasteiger partial charge in [-0.3, -0.25) is 0 Å². The van der Waals surface area contributed by atoms with Crippen LogP contribution in [0.4, 0.5) is 0 Å². The van der Waals surface area contributed by atoms with Crippen molar-refractivity contribution in [2.75, 3.05) is 0 Å². The second-order valence-corrected chi connectivity index (χ2v) is 8.39. The van der Waals surface area contributed by atoms with Gasteiger partial charge in [-0.15, -0.1) is 0 Å². The van der Waals surface area contributed by atoms with E-state index in [9.17, 15) is 0 Å². The number of halogens is 1. The van der Waals surface area contributed by atoms with E-state index in [1.807, 2.05) is 21.6 Å². The molecule has 0 fully saturated rings. The van der Waals surface area contributed by atoms with Crippen LogP contribution in [0, 0.1) is 0 Å². The van der Waals surface area contributed by atoms with Crippen molar-refractivity contribution < 1.29 is 0 Å². The van der Waals surface area contributed by atoms with Gasteiger partial charge in [-0.1, -0.05) is 67.8 Å². The molecule has 1 unspecified atom stereocenters. The van der Waals surface area contributed by atoms with Crippen LogP contribution in [0.3, 0.4) is 0 Å². The summed E-state index contributed by atoms with van der Waals surface area (Å²) in [7, 11) is 3.94. The van der Waals surface area contributed by atoms with E-state index >= 15 is 0 Å². The van der Waals surface area contributed by atoms with E-state index in [2.05, 4.69) is 46.3 Å². The van der Waals surface area contributed by atoms with Gasteiger partial charge >= 0.3 is 0 Å². The summed E-state index contributed by atoms with van der Waals surface area (Å²) >= 11 is 3.98. The molecule has 1 aliphatic carbocycles. The lowest BCUT2D eigenvalue weighted by Gasteiger charge is -2.26. The molecule has 16 heavy (non-hydrogen) atoms. The standard InChI is InChI=1S/C13H13BrS2/c14-13(10-6-2-1-3-7-10)11-8-4-5-9-12(11)15-16-13/h1-3,6-7H,4-5,8-9H2. The van der Waals surface area contributed by atoms with E-state index in [1.54, 1.807) is 10.5 Å².